The molecule has 45 heavy (non-hydrogen) atoms. The van der Waals surface area contributed by atoms with E-state index in [1.54, 1.807) is 28.4 Å². The van der Waals surface area contributed by atoms with Crippen molar-refractivity contribution in [3.05, 3.63) is 96.1 Å². The Morgan fingerprint density at radius 1 is 0.756 bits per heavy atom. The van der Waals surface area contributed by atoms with Crippen molar-refractivity contribution in [2.75, 3.05) is 57.3 Å². The summed E-state index contributed by atoms with van der Waals surface area (Å²) in [6.45, 7) is 1.69. The van der Waals surface area contributed by atoms with Crippen LogP contribution in [0.15, 0.2) is 90.0 Å². The molecule has 1 aliphatic heterocycles. The number of carbonyl (C=O) groups excluding carboxylic acids is 1. The third kappa shape index (κ3) is 6.17. The highest BCUT2D eigenvalue weighted by molar-refractivity contribution is 6.44. The quantitative estimate of drug-likeness (QED) is 0.184. The molecule has 4 aromatic carbocycles. The topological polar surface area (TPSA) is 85.3 Å². The fraction of sp³-hybridized carbons (Fsp3) is 0.257. The Kier molecular flexibility index (Phi) is 9.32. The number of para-hydroxylation sites is 2. The van der Waals surface area contributed by atoms with Gasteiger partial charge in [-0.25, -0.2) is 5.01 Å². The van der Waals surface area contributed by atoms with Crippen LogP contribution >= 0.6 is 0 Å². The second kappa shape index (κ2) is 13.5. The van der Waals surface area contributed by atoms with Crippen LogP contribution in [0.1, 0.15) is 24.2 Å². The number of Topliss-reactive ketones (excluding diaryl/α,β-unsaturated/α-hetero) is 1. The maximum Gasteiger partial charge on any atom is 0.203 e. The first kappa shape index (κ1) is 31.1. The van der Waals surface area contributed by atoms with Crippen LogP contribution in [0, 0.1) is 0 Å². The maximum absolute atomic E-state index is 13.2. The van der Waals surface area contributed by atoms with Crippen molar-refractivity contribution in [3.8, 4) is 28.7 Å². The van der Waals surface area contributed by atoms with Gasteiger partial charge in [0.1, 0.15) is 6.61 Å². The van der Waals surface area contributed by atoms with Crippen LogP contribution in [0.5, 0.6) is 28.7 Å². The average Bonchev–Trinajstić information content (AvgIpc) is 3.48. The molecule has 0 amide bonds. The van der Waals surface area contributed by atoms with Gasteiger partial charge < -0.3 is 28.6 Å². The van der Waals surface area contributed by atoms with E-state index in [0.29, 0.717) is 34.6 Å². The highest BCUT2D eigenvalue weighted by Gasteiger charge is 2.41. The van der Waals surface area contributed by atoms with E-state index in [1.165, 1.54) is 6.92 Å². The van der Waals surface area contributed by atoms with Crippen LogP contribution < -0.4 is 38.5 Å². The molecule has 10 nitrogen and oxygen atoms in total. The van der Waals surface area contributed by atoms with Gasteiger partial charge in [-0.05, 0) is 60.2 Å². The van der Waals surface area contributed by atoms with Crippen molar-refractivity contribution in [1.82, 2.24) is 0 Å². The number of benzene rings is 4. The van der Waals surface area contributed by atoms with E-state index in [9.17, 15) is 4.79 Å². The molecule has 10 heteroatoms. The lowest BCUT2D eigenvalue weighted by Gasteiger charge is -2.33. The molecule has 0 spiro atoms. The lowest BCUT2D eigenvalue weighted by Crippen LogP contribution is -2.38. The zero-order valence-corrected chi connectivity index (χ0v) is 26.6. The molecule has 1 atom stereocenters. The third-order valence-corrected chi connectivity index (χ3v) is 7.50. The predicted molar refractivity (Wildman–Crippen MR) is 176 cm³/mol. The number of ether oxygens (including phenoxy) is 5. The van der Waals surface area contributed by atoms with Gasteiger partial charge in [-0.1, -0.05) is 30.3 Å². The molecule has 234 valence electrons. The molecule has 4 aromatic rings. The molecule has 0 saturated heterocycles. The second-order valence-corrected chi connectivity index (χ2v) is 10.5. The highest BCUT2D eigenvalue weighted by Crippen LogP contribution is 2.46. The minimum absolute atomic E-state index is 0.167. The maximum atomic E-state index is 13.2. The van der Waals surface area contributed by atoms with Gasteiger partial charge in [0.2, 0.25) is 5.75 Å². The Labute approximate surface area is 263 Å². The first-order valence-electron chi connectivity index (χ1n) is 14.4. The number of rotatable bonds is 12. The van der Waals surface area contributed by atoms with Gasteiger partial charge in [0.15, 0.2) is 40.8 Å². The molecule has 0 N–H and O–H groups in total. The number of carbonyl (C=O) groups is 1. The predicted octanol–water partition coefficient (Wildman–Crippen LogP) is 6.29. The average molecular weight is 611 g/mol. The first-order valence-corrected chi connectivity index (χ1v) is 14.4. The van der Waals surface area contributed by atoms with E-state index in [4.69, 9.17) is 28.8 Å². The number of anilines is 3. The Bertz CT molecular complexity index is 1650. The Balaban J connectivity index is 1.64. The van der Waals surface area contributed by atoms with Crippen molar-refractivity contribution in [3.63, 3.8) is 0 Å². The van der Waals surface area contributed by atoms with Crippen molar-refractivity contribution in [2.24, 2.45) is 5.10 Å². The van der Waals surface area contributed by atoms with Gasteiger partial charge in [0, 0.05) is 38.0 Å². The van der Waals surface area contributed by atoms with Crippen molar-refractivity contribution in [2.45, 2.75) is 19.7 Å². The number of hydrazone groups is 1. The standard InChI is InChI=1S/C35H38N4O6/c1-23(40)34-36-39(27-12-9-8-10-13-27)35(38(34)26-18-16-25(17-19-26)37(2)3)28-14-11-15-29(41-4)32(28)45-22-24-20-30(42-5)33(44-7)31(21-24)43-6/h8-21,35H,22H2,1-7H3. The molecule has 0 aliphatic carbocycles. The first-order chi connectivity index (χ1) is 21.8. The summed E-state index contributed by atoms with van der Waals surface area (Å²) in [5.74, 6) is 2.72. The molecule has 0 radical (unpaired) electrons. The van der Waals surface area contributed by atoms with E-state index in [-0.39, 0.29) is 12.4 Å². The summed E-state index contributed by atoms with van der Waals surface area (Å²) < 4.78 is 29.0. The molecule has 1 unspecified atom stereocenters. The van der Waals surface area contributed by atoms with Gasteiger partial charge in [-0.15, -0.1) is 5.10 Å². The number of nitrogens with zero attached hydrogens (tertiary/aromatic N) is 4. The number of hydrogen-bond acceptors (Lipinski definition) is 10. The van der Waals surface area contributed by atoms with Crippen LogP contribution in [0.25, 0.3) is 0 Å². The largest absolute Gasteiger partial charge is 0.493 e. The van der Waals surface area contributed by atoms with Crippen LogP contribution in [-0.4, -0.2) is 54.2 Å². The summed E-state index contributed by atoms with van der Waals surface area (Å²) in [4.78, 5) is 17.1. The summed E-state index contributed by atoms with van der Waals surface area (Å²) in [6, 6.07) is 27.2. The fourth-order valence-electron chi connectivity index (χ4n) is 5.32. The lowest BCUT2D eigenvalue weighted by atomic mass is 10.1. The van der Waals surface area contributed by atoms with Crippen LogP contribution in [0.2, 0.25) is 0 Å². The van der Waals surface area contributed by atoms with Crippen LogP contribution in [0.4, 0.5) is 17.1 Å². The molecule has 0 aromatic heterocycles. The summed E-state index contributed by atoms with van der Waals surface area (Å²) in [5, 5.41) is 6.73. The normalized spacial score (nSPS) is 14.1. The molecule has 0 saturated carbocycles. The smallest absolute Gasteiger partial charge is 0.203 e. The highest BCUT2D eigenvalue weighted by atomic mass is 16.5. The number of methoxy groups -OCH3 is 4. The lowest BCUT2D eigenvalue weighted by molar-refractivity contribution is -0.111. The van der Waals surface area contributed by atoms with Crippen LogP contribution in [-0.2, 0) is 11.4 Å². The van der Waals surface area contributed by atoms with Gasteiger partial charge >= 0.3 is 0 Å². The monoisotopic (exact) mass is 610 g/mol. The Morgan fingerprint density at radius 2 is 1.40 bits per heavy atom. The summed E-state index contributed by atoms with van der Waals surface area (Å²) in [5.41, 5.74) is 4.20. The van der Waals surface area contributed by atoms with Gasteiger partial charge in [-0.2, -0.15) is 0 Å². The van der Waals surface area contributed by atoms with Gasteiger partial charge in [0.25, 0.3) is 0 Å². The fourth-order valence-corrected chi connectivity index (χ4v) is 5.32. The molecule has 1 aliphatic rings. The Morgan fingerprint density at radius 3 is 1.96 bits per heavy atom. The Hall–Kier alpha value is -5.38. The molecular weight excluding hydrogens is 572 g/mol. The minimum atomic E-state index is -0.582. The molecule has 1 heterocycles. The summed E-state index contributed by atoms with van der Waals surface area (Å²) in [7, 11) is 10.3. The zero-order chi connectivity index (χ0) is 32.1. The van der Waals surface area contributed by atoms with E-state index < -0.39 is 6.17 Å². The number of hydrogen-bond donors (Lipinski definition) is 0. The van der Waals surface area contributed by atoms with Gasteiger partial charge in [-0.3, -0.25) is 9.69 Å². The van der Waals surface area contributed by atoms with E-state index in [0.717, 1.165) is 28.2 Å². The van der Waals surface area contributed by atoms with E-state index >= 15 is 0 Å². The van der Waals surface area contributed by atoms with Crippen LogP contribution in [0.3, 0.4) is 0 Å². The summed E-state index contributed by atoms with van der Waals surface area (Å²) >= 11 is 0. The second-order valence-electron chi connectivity index (χ2n) is 10.5. The zero-order valence-electron chi connectivity index (χ0n) is 26.6. The number of amidine groups is 1. The van der Waals surface area contributed by atoms with E-state index in [2.05, 4.69) is 0 Å². The van der Waals surface area contributed by atoms with Gasteiger partial charge in [0.05, 0.1) is 34.1 Å². The third-order valence-electron chi connectivity index (χ3n) is 7.50. The number of ketones is 1. The van der Waals surface area contributed by atoms with Crippen molar-refractivity contribution < 1.29 is 28.5 Å². The molecule has 0 bridgehead atoms. The molecule has 5 rings (SSSR count). The molecular formula is C35H38N4O6. The summed E-state index contributed by atoms with van der Waals surface area (Å²) in [6.07, 6.45) is -0.582. The van der Waals surface area contributed by atoms with E-state index in [1.807, 2.05) is 114 Å². The minimum Gasteiger partial charge on any atom is -0.493 e. The van der Waals surface area contributed by atoms with Crippen molar-refractivity contribution in [1.29, 1.82) is 0 Å². The van der Waals surface area contributed by atoms with Crippen molar-refractivity contribution >= 4 is 28.7 Å². The molecule has 0 fully saturated rings. The SMILES string of the molecule is COc1cc(COc2c(OC)cccc2C2N(c3ccccc3)N=C(C(C)=O)N2c2ccc(N(C)C)cc2)cc(OC)c1OC.